The van der Waals surface area contributed by atoms with Gasteiger partial charge in [-0.25, -0.2) is 17.5 Å². The second-order valence-corrected chi connectivity index (χ2v) is 5.57. The van der Waals surface area contributed by atoms with Gasteiger partial charge in [0.15, 0.2) is 0 Å². The van der Waals surface area contributed by atoms with Crippen molar-refractivity contribution in [1.29, 1.82) is 0 Å². The third-order valence-corrected chi connectivity index (χ3v) is 3.71. The van der Waals surface area contributed by atoms with Crippen molar-refractivity contribution in [3.63, 3.8) is 0 Å². The van der Waals surface area contributed by atoms with E-state index in [4.69, 9.17) is 10.5 Å². The van der Waals surface area contributed by atoms with Crippen LogP contribution in [-0.2, 0) is 14.8 Å². The second kappa shape index (κ2) is 6.12. The molecule has 0 bridgehead atoms. The molecule has 0 aliphatic carbocycles. The SMILES string of the molecule is CCOC(C)CNS(=O)(=O)c1ccc(F)c(N)c1. The number of hydrogen-bond donors (Lipinski definition) is 2. The molecule has 0 amide bonds. The van der Waals surface area contributed by atoms with Crippen LogP contribution in [-0.4, -0.2) is 27.7 Å². The highest BCUT2D eigenvalue weighted by Gasteiger charge is 2.16. The lowest BCUT2D eigenvalue weighted by molar-refractivity contribution is 0.0799. The highest BCUT2D eigenvalue weighted by Crippen LogP contribution is 2.16. The summed E-state index contributed by atoms with van der Waals surface area (Å²) in [6.45, 7) is 4.23. The van der Waals surface area contributed by atoms with E-state index < -0.39 is 15.8 Å². The third-order valence-electron chi connectivity index (χ3n) is 2.29. The fourth-order valence-electron chi connectivity index (χ4n) is 1.34. The number of halogens is 1. The number of rotatable bonds is 6. The van der Waals surface area contributed by atoms with E-state index in [0.717, 1.165) is 12.1 Å². The van der Waals surface area contributed by atoms with Crippen molar-refractivity contribution in [1.82, 2.24) is 4.72 Å². The standard InChI is InChI=1S/C11H17FN2O3S/c1-3-17-8(2)7-14-18(15,16)9-4-5-10(12)11(13)6-9/h4-6,8,14H,3,7,13H2,1-2H3. The number of nitrogens with one attached hydrogen (secondary N) is 1. The Morgan fingerprint density at radius 3 is 2.72 bits per heavy atom. The number of benzene rings is 1. The second-order valence-electron chi connectivity index (χ2n) is 3.80. The molecule has 0 spiro atoms. The smallest absolute Gasteiger partial charge is 0.240 e. The van der Waals surface area contributed by atoms with Crippen molar-refractivity contribution in [2.75, 3.05) is 18.9 Å². The predicted molar refractivity (Wildman–Crippen MR) is 67.1 cm³/mol. The van der Waals surface area contributed by atoms with Gasteiger partial charge in [0.25, 0.3) is 0 Å². The van der Waals surface area contributed by atoms with Crippen LogP contribution in [0.5, 0.6) is 0 Å². The number of sulfonamides is 1. The molecular formula is C11H17FN2O3S. The third kappa shape index (κ3) is 3.94. The lowest BCUT2D eigenvalue weighted by Crippen LogP contribution is -2.32. The molecule has 1 atom stereocenters. The molecule has 0 aromatic heterocycles. The van der Waals surface area contributed by atoms with Gasteiger partial charge in [0, 0.05) is 13.2 Å². The minimum Gasteiger partial charge on any atom is -0.396 e. The molecule has 0 aliphatic heterocycles. The maximum absolute atomic E-state index is 12.9. The first-order chi connectivity index (χ1) is 8.36. The monoisotopic (exact) mass is 276 g/mol. The van der Waals surface area contributed by atoms with Crippen LogP contribution in [0.3, 0.4) is 0 Å². The normalized spacial score (nSPS) is 13.5. The number of hydrogen-bond acceptors (Lipinski definition) is 4. The van der Waals surface area contributed by atoms with Crippen molar-refractivity contribution in [2.24, 2.45) is 0 Å². The number of ether oxygens (including phenoxy) is 1. The molecular weight excluding hydrogens is 259 g/mol. The van der Waals surface area contributed by atoms with E-state index in [9.17, 15) is 12.8 Å². The van der Waals surface area contributed by atoms with E-state index in [-0.39, 0.29) is 23.2 Å². The van der Waals surface area contributed by atoms with Crippen molar-refractivity contribution in [2.45, 2.75) is 24.8 Å². The summed E-state index contributed by atoms with van der Waals surface area (Å²) in [5.74, 6) is -0.642. The molecule has 0 radical (unpaired) electrons. The summed E-state index contributed by atoms with van der Waals surface area (Å²) >= 11 is 0. The molecule has 0 saturated carbocycles. The van der Waals surface area contributed by atoms with Gasteiger partial charge in [-0.2, -0.15) is 0 Å². The van der Waals surface area contributed by atoms with Gasteiger partial charge >= 0.3 is 0 Å². The summed E-state index contributed by atoms with van der Waals surface area (Å²) in [5.41, 5.74) is 5.13. The van der Waals surface area contributed by atoms with Crippen LogP contribution in [0.25, 0.3) is 0 Å². The first-order valence-corrected chi connectivity index (χ1v) is 7.01. The zero-order valence-corrected chi connectivity index (χ0v) is 11.1. The molecule has 0 aliphatic rings. The Morgan fingerprint density at radius 1 is 1.50 bits per heavy atom. The molecule has 7 heteroatoms. The molecule has 0 saturated heterocycles. The molecule has 5 nitrogen and oxygen atoms in total. The molecule has 1 rings (SSSR count). The van der Waals surface area contributed by atoms with E-state index in [0.29, 0.717) is 6.61 Å². The summed E-state index contributed by atoms with van der Waals surface area (Å²) in [6.07, 6.45) is -0.234. The number of anilines is 1. The zero-order chi connectivity index (χ0) is 13.8. The topological polar surface area (TPSA) is 81.4 Å². The van der Waals surface area contributed by atoms with Gasteiger partial charge in [-0.15, -0.1) is 0 Å². The van der Waals surface area contributed by atoms with E-state index in [1.165, 1.54) is 6.07 Å². The number of nitrogens with two attached hydrogens (primary N) is 1. The zero-order valence-electron chi connectivity index (χ0n) is 10.3. The van der Waals surface area contributed by atoms with Crippen LogP contribution < -0.4 is 10.5 Å². The first-order valence-electron chi connectivity index (χ1n) is 5.53. The van der Waals surface area contributed by atoms with Crippen molar-refractivity contribution >= 4 is 15.7 Å². The van der Waals surface area contributed by atoms with Crippen LogP contribution in [0.2, 0.25) is 0 Å². The highest BCUT2D eigenvalue weighted by atomic mass is 32.2. The largest absolute Gasteiger partial charge is 0.396 e. The van der Waals surface area contributed by atoms with Gasteiger partial charge in [0.05, 0.1) is 16.7 Å². The quantitative estimate of drug-likeness (QED) is 0.763. The Hall–Kier alpha value is -1.18. The average molecular weight is 276 g/mol. The first kappa shape index (κ1) is 14.9. The molecule has 102 valence electrons. The van der Waals surface area contributed by atoms with Gasteiger partial charge in [0.2, 0.25) is 10.0 Å². The molecule has 0 fully saturated rings. The maximum atomic E-state index is 12.9. The van der Waals surface area contributed by atoms with E-state index in [1.807, 2.05) is 6.92 Å². The van der Waals surface area contributed by atoms with Crippen molar-refractivity contribution in [3.8, 4) is 0 Å². The van der Waals surface area contributed by atoms with Gasteiger partial charge < -0.3 is 10.5 Å². The van der Waals surface area contributed by atoms with Gasteiger partial charge in [-0.1, -0.05) is 0 Å². The summed E-state index contributed by atoms with van der Waals surface area (Å²) in [5, 5.41) is 0. The highest BCUT2D eigenvalue weighted by molar-refractivity contribution is 7.89. The fraction of sp³-hybridized carbons (Fsp3) is 0.455. The average Bonchev–Trinajstić information content (AvgIpc) is 2.30. The van der Waals surface area contributed by atoms with E-state index >= 15 is 0 Å². The van der Waals surface area contributed by atoms with Crippen LogP contribution in [0.15, 0.2) is 23.1 Å². The van der Waals surface area contributed by atoms with Crippen LogP contribution >= 0.6 is 0 Å². The maximum Gasteiger partial charge on any atom is 0.240 e. The fourth-order valence-corrected chi connectivity index (χ4v) is 2.49. The Balaban J connectivity index is 2.77. The van der Waals surface area contributed by atoms with Gasteiger partial charge in [0.1, 0.15) is 5.82 Å². The minimum absolute atomic E-state index is 0.0647. The predicted octanol–water partition coefficient (Wildman–Crippen LogP) is 1.11. The van der Waals surface area contributed by atoms with Crippen LogP contribution in [0, 0.1) is 5.82 Å². The summed E-state index contributed by atoms with van der Waals surface area (Å²) in [6, 6.07) is 3.28. The lowest BCUT2D eigenvalue weighted by Gasteiger charge is -2.13. The molecule has 3 N–H and O–H groups in total. The Bertz CT molecular complexity index is 505. The van der Waals surface area contributed by atoms with Gasteiger partial charge in [-0.05, 0) is 32.0 Å². The number of nitrogen functional groups attached to an aromatic ring is 1. The Labute approximate surface area is 106 Å². The Kier molecular flexibility index (Phi) is 5.06. The molecule has 0 heterocycles. The molecule has 18 heavy (non-hydrogen) atoms. The summed E-state index contributed by atoms with van der Waals surface area (Å²) in [4.78, 5) is -0.0647. The molecule has 1 aromatic rings. The lowest BCUT2D eigenvalue weighted by atomic mass is 10.3. The van der Waals surface area contributed by atoms with Crippen LogP contribution in [0.4, 0.5) is 10.1 Å². The summed E-state index contributed by atoms with van der Waals surface area (Å²) < 4.78 is 44.2. The molecule has 1 unspecified atom stereocenters. The Morgan fingerprint density at radius 2 is 2.17 bits per heavy atom. The van der Waals surface area contributed by atoms with E-state index in [2.05, 4.69) is 4.72 Å². The van der Waals surface area contributed by atoms with Crippen LogP contribution in [0.1, 0.15) is 13.8 Å². The van der Waals surface area contributed by atoms with Crippen molar-refractivity contribution < 1.29 is 17.5 Å². The summed E-state index contributed by atoms with van der Waals surface area (Å²) in [7, 11) is -3.69. The van der Waals surface area contributed by atoms with Gasteiger partial charge in [-0.3, -0.25) is 0 Å². The van der Waals surface area contributed by atoms with Crippen molar-refractivity contribution in [3.05, 3.63) is 24.0 Å². The van der Waals surface area contributed by atoms with E-state index in [1.54, 1.807) is 6.92 Å². The molecule has 1 aromatic carbocycles. The minimum atomic E-state index is -3.69.